The molecule has 27 heavy (non-hydrogen) atoms. The Kier molecular flexibility index (Phi) is 6.63. The molecule has 0 fully saturated rings. The Balaban J connectivity index is 2.13. The van der Waals surface area contributed by atoms with Crippen LogP contribution in [0.1, 0.15) is 15.9 Å². The summed E-state index contributed by atoms with van der Waals surface area (Å²) in [5.74, 6) is -2.29. The summed E-state index contributed by atoms with van der Waals surface area (Å²) >= 11 is 0. The molecule has 0 aliphatic rings. The molecule has 2 rings (SSSR count). The first-order chi connectivity index (χ1) is 12.7. The Morgan fingerprint density at radius 1 is 1.11 bits per heavy atom. The maximum Gasteiger partial charge on any atom is 0.432 e. The van der Waals surface area contributed by atoms with Crippen LogP contribution in [0.4, 0.5) is 5.69 Å². The van der Waals surface area contributed by atoms with Gasteiger partial charge in [-0.3, -0.25) is 14.0 Å². The highest BCUT2D eigenvalue weighted by Gasteiger charge is 2.28. The number of carboxylic acids is 1. The zero-order valence-electron chi connectivity index (χ0n) is 14.8. The zero-order chi connectivity index (χ0) is 20.0. The van der Waals surface area contributed by atoms with Crippen molar-refractivity contribution in [3.63, 3.8) is 0 Å². The van der Waals surface area contributed by atoms with Gasteiger partial charge in [-0.2, -0.15) is 0 Å². The molecule has 0 heterocycles. The molecule has 0 aliphatic heterocycles. The lowest BCUT2D eigenvalue weighted by Gasteiger charge is -2.24. The van der Waals surface area contributed by atoms with Crippen molar-refractivity contribution < 1.29 is 28.7 Å². The van der Waals surface area contributed by atoms with Crippen molar-refractivity contribution in [2.75, 3.05) is 18.3 Å². The number of carboxylic acid groups (broad SMARTS) is 1. The lowest BCUT2D eigenvalue weighted by atomic mass is 10.1. The van der Waals surface area contributed by atoms with Crippen molar-refractivity contribution >= 4 is 31.0 Å². The van der Waals surface area contributed by atoms with E-state index in [-0.39, 0.29) is 5.56 Å². The fourth-order valence-corrected chi connectivity index (χ4v) is 2.94. The summed E-state index contributed by atoms with van der Waals surface area (Å²) in [7, 11) is -3.00. The van der Waals surface area contributed by atoms with E-state index in [1.807, 2.05) is 6.92 Å². The van der Waals surface area contributed by atoms with Crippen LogP contribution in [0, 0.1) is 6.92 Å². The summed E-state index contributed by atoms with van der Waals surface area (Å²) in [5.41, 5.74) is 0.875. The van der Waals surface area contributed by atoms with E-state index in [4.69, 9.17) is 4.52 Å². The SMILES string of the molecule is Cc1ccc(C(=O)/N=C(/COP(=O)(O)N(C)c2ccccc2)C(=O)O)cc1. The first-order valence-corrected chi connectivity index (χ1v) is 9.42. The molecule has 1 atom stereocenters. The molecule has 0 radical (unpaired) electrons. The zero-order valence-corrected chi connectivity index (χ0v) is 15.7. The van der Waals surface area contributed by atoms with Crippen LogP contribution in [0.25, 0.3) is 0 Å². The van der Waals surface area contributed by atoms with Crippen LogP contribution < -0.4 is 4.67 Å². The first-order valence-electron chi connectivity index (χ1n) is 7.89. The Hall–Kier alpha value is -2.80. The molecule has 2 N–H and O–H groups in total. The van der Waals surface area contributed by atoms with Gasteiger partial charge in [-0.15, -0.1) is 0 Å². The van der Waals surface area contributed by atoms with Crippen molar-refractivity contribution in [3.8, 4) is 0 Å². The number of aliphatic carboxylic acids is 1. The summed E-state index contributed by atoms with van der Waals surface area (Å²) in [6.45, 7) is 1.04. The van der Waals surface area contributed by atoms with Crippen molar-refractivity contribution in [1.82, 2.24) is 0 Å². The van der Waals surface area contributed by atoms with E-state index < -0.39 is 31.9 Å². The van der Waals surface area contributed by atoms with Gasteiger partial charge >= 0.3 is 13.7 Å². The molecule has 142 valence electrons. The molecule has 0 saturated heterocycles. The second-order valence-electron chi connectivity index (χ2n) is 5.66. The normalized spacial score (nSPS) is 13.7. The van der Waals surface area contributed by atoms with Crippen molar-refractivity contribution in [2.45, 2.75) is 6.92 Å². The smallest absolute Gasteiger partial charge is 0.432 e. The summed E-state index contributed by atoms with van der Waals surface area (Å²) < 4.78 is 18.3. The predicted octanol–water partition coefficient (Wildman–Crippen LogP) is 2.91. The fraction of sp³-hybridized carbons (Fsp3) is 0.167. The number of amides is 1. The number of para-hydroxylation sites is 1. The highest BCUT2D eigenvalue weighted by Crippen LogP contribution is 2.47. The molecule has 0 aliphatic carbocycles. The Labute approximate surface area is 156 Å². The second kappa shape index (κ2) is 8.73. The van der Waals surface area contributed by atoms with E-state index in [9.17, 15) is 24.2 Å². The lowest BCUT2D eigenvalue weighted by Crippen LogP contribution is -2.23. The minimum atomic E-state index is -4.34. The van der Waals surface area contributed by atoms with Crippen LogP contribution in [0.2, 0.25) is 0 Å². The summed E-state index contributed by atoms with van der Waals surface area (Å²) in [6.07, 6.45) is 0. The van der Waals surface area contributed by atoms with E-state index in [1.54, 1.807) is 42.5 Å². The van der Waals surface area contributed by atoms with Gasteiger partial charge in [-0.05, 0) is 31.2 Å². The number of anilines is 1. The van der Waals surface area contributed by atoms with Gasteiger partial charge in [-0.25, -0.2) is 14.4 Å². The lowest BCUT2D eigenvalue weighted by molar-refractivity contribution is -0.129. The van der Waals surface area contributed by atoms with Crippen LogP contribution in [0.15, 0.2) is 59.6 Å². The van der Waals surface area contributed by atoms with Crippen molar-refractivity contribution in [2.24, 2.45) is 4.99 Å². The van der Waals surface area contributed by atoms with Crippen LogP contribution >= 0.6 is 7.75 Å². The second-order valence-corrected chi connectivity index (χ2v) is 7.50. The topological polar surface area (TPSA) is 116 Å². The Bertz CT molecular complexity index is 896. The standard InChI is InChI=1S/C18H19N2O6P/c1-13-8-10-14(11-9-13)17(21)19-16(18(22)23)12-26-27(24,25)20(2)15-6-4-3-5-7-15/h3-11H,12H2,1-2H3,(H,22,23)(H,24,25)/b19-16-. The van der Waals surface area contributed by atoms with Crippen LogP contribution in [-0.4, -0.2) is 41.2 Å². The molecule has 0 spiro atoms. The summed E-state index contributed by atoms with van der Waals surface area (Å²) in [6, 6.07) is 14.7. The highest BCUT2D eigenvalue weighted by molar-refractivity contribution is 7.54. The maximum absolute atomic E-state index is 12.4. The number of carbonyl (C=O) groups excluding carboxylic acids is 1. The molecule has 1 amide bonds. The predicted molar refractivity (Wildman–Crippen MR) is 101 cm³/mol. The molecular formula is C18H19N2O6P. The van der Waals surface area contributed by atoms with Crippen LogP contribution in [0.3, 0.4) is 0 Å². The quantitative estimate of drug-likeness (QED) is 0.551. The average molecular weight is 390 g/mol. The fourth-order valence-electron chi connectivity index (χ4n) is 2.05. The maximum atomic E-state index is 12.4. The van der Waals surface area contributed by atoms with Gasteiger partial charge < -0.3 is 10.00 Å². The van der Waals surface area contributed by atoms with Gasteiger partial charge in [-0.1, -0.05) is 35.9 Å². The third-order valence-electron chi connectivity index (χ3n) is 3.66. The van der Waals surface area contributed by atoms with Gasteiger partial charge in [0.1, 0.15) is 6.61 Å². The van der Waals surface area contributed by atoms with Gasteiger partial charge in [0.15, 0.2) is 5.71 Å². The van der Waals surface area contributed by atoms with Crippen LogP contribution in [0.5, 0.6) is 0 Å². The van der Waals surface area contributed by atoms with Gasteiger partial charge in [0.2, 0.25) is 0 Å². The van der Waals surface area contributed by atoms with Crippen molar-refractivity contribution in [3.05, 3.63) is 65.7 Å². The molecule has 9 heteroatoms. The first kappa shape index (κ1) is 20.5. The summed E-state index contributed by atoms with van der Waals surface area (Å²) in [4.78, 5) is 37.0. The molecule has 8 nitrogen and oxygen atoms in total. The van der Waals surface area contributed by atoms with Gasteiger partial charge in [0, 0.05) is 18.3 Å². The minimum absolute atomic E-state index is 0.202. The van der Waals surface area contributed by atoms with Crippen LogP contribution in [-0.2, 0) is 13.9 Å². The number of benzene rings is 2. The Morgan fingerprint density at radius 3 is 2.26 bits per heavy atom. The monoisotopic (exact) mass is 390 g/mol. The highest BCUT2D eigenvalue weighted by atomic mass is 31.2. The number of aliphatic imine (C=N–C) groups is 1. The van der Waals surface area contributed by atoms with E-state index in [1.165, 1.54) is 19.2 Å². The molecule has 2 aromatic rings. The molecule has 0 saturated carbocycles. The number of rotatable bonds is 7. The van der Waals surface area contributed by atoms with E-state index in [2.05, 4.69) is 4.99 Å². The molecule has 1 unspecified atom stereocenters. The van der Waals surface area contributed by atoms with E-state index in [0.717, 1.165) is 10.2 Å². The number of nitrogens with zero attached hydrogens (tertiary/aromatic N) is 2. The van der Waals surface area contributed by atoms with Crippen molar-refractivity contribution in [1.29, 1.82) is 0 Å². The largest absolute Gasteiger partial charge is 0.477 e. The number of hydrogen-bond donors (Lipinski definition) is 2. The number of aryl methyl sites for hydroxylation is 1. The third-order valence-corrected chi connectivity index (χ3v) is 5.11. The molecular weight excluding hydrogens is 371 g/mol. The minimum Gasteiger partial charge on any atom is -0.477 e. The average Bonchev–Trinajstić information content (AvgIpc) is 2.65. The third kappa shape index (κ3) is 5.59. The van der Waals surface area contributed by atoms with E-state index >= 15 is 0 Å². The van der Waals surface area contributed by atoms with Gasteiger partial charge in [0.05, 0.1) is 0 Å². The Morgan fingerprint density at radius 2 is 1.70 bits per heavy atom. The molecule has 0 bridgehead atoms. The summed E-state index contributed by atoms with van der Waals surface area (Å²) in [5, 5.41) is 9.22. The molecule has 2 aromatic carbocycles. The van der Waals surface area contributed by atoms with E-state index in [0.29, 0.717) is 5.69 Å². The number of hydrogen-bond acceptors (Lipinski definition) is 4. The molecule has 0 aromatic heterocycles. The van der Waals surface area contributed by atoms with Gasteiger partial charge in [0.25, 0.3) is 5.91 Å². The number of carbonyl (C=O) groups is 2.